The van der Waals surface area contributed by atoms with E-state index < -0.39 is 33.9 Å². The second-order valence-corrected chi connectivity index (χ2v) is 17.7. The minimum atomic E-state index is -3.91. The number of hydrogen-bond acceptors (Lipinski definition) is 14. The Morgan fingerprint density at radius 1 is 1.02 bits per heavy atom. The molecule has 0 spiro atoms. The molecule has 0 aliphatic carbocycles. The molecule has 2 aliphatic heterocycles. The first-order chi connectivity index (χ1) is 27.0. The number of ether oxygens (including phenoxy) is 4. The zero-order chi connectivity index (χ0) is 41.0. The van der Waals surface area contributed by atoms with E-state index in [2.05, 4.69) is 48.2 Å². The van der Waals surface area contributed by atoms with Crippen molar-refractivity contribution in [1.29, 1.82) is 0 Å². The van der Waals surface area contributed by atoms with Crippen LogP contribution in [0.5, 0.6) is 17.5 Å². The van der Waals surface area contributed by atoms with Crippen LogP contribution in [-0.4, -0.2) is 94.7 Å². The van der Waals surface area contributed by atoms with Crippen molar-refractivity contribution in [2.75, 3.05) is 59.0 Å². The van der Waals surface area contributed by atoms with Crippen molar-refractivity contribution in [2.45, 2.75) is 62.9 Å². The number of unbranched alkanes of at least 4 members (excludes halogenated alkanes) is 2. The molecular weight excluding hydrogens is 901 g/mol. The van der Waals surface area contributed by atoms with Gasteiger partial charge in [-0.3, -0.25) is 4.98 Å². The number of alkyl halides is 3. The maximum atomic E-state index is 14.4. The van der Waals surface area contributed by atoms with E-state index in [1.807, 2.05) is 25.7 Å². The van der Waals surface area contributed by atoms with Crippen LogP contribution in [0.2, 0.25) is 5.02 Å². The lowest BCUT2D eigenvalue weighted by molar-refractivity contribution is -0.287. The molecule has 1 fully saturated rings. The van der Waals surface area contributed by atoms with E-state index in [4.69, 9.17) is 35.5 Å². The topological polar surface area (TPSA) is 170 Å². The molecule has 306 valence electrons. The van der Waals surface area contributed by atoms with Gasteiger partial charge in [-0.25, -0.2) is 13.2 Å². The Kier molecular flexibility index (Phi) is 13.0. The van der Waals surface area contributed by atoms with E-state index in [9.17, 15) is 22.0 Å². The molecule has 1 saturated heterocycles. The van der Waals surface area contributed by atoms with E-state index in [-0.39, 0.29) is 56.3 Å². The van der Waals surface area contributed by atoms with Gasteiger partial charge >= 0.3 is 18.4 Å². The average Bonchev–Trinajstić information content (AvgIpc) is 3.47. The van der Waals surface area contributed by atoms with Gasteiger partial charge in [0.15, 0.2) is 21.3 Å². The molecule has 0 unspecified atom stereocenters. The largest absolute Gasteiger partial charge is 0.586 e. The molecule has 6 rings (SSSR count). The predicted molar refractivity (Wildman–Crippen MR) is 218 cm³/mol. The Hall–Kier alpha value is -4.50. The molecule has 57 heavy (non-hydrogen) atoms. The quantitative estimate of drug-likeness (QED) is 0.0719. The number of anilines is 4. The molecule has 4 heterocycles. The maximum Gasteiger partial charge on any atom is 0.586 e. The number of carbonyl (C=O) groups excluding carboxylic acids is 1. The van der Waals surface area contributed by atoms with Crippen molar-refractivity contribution < 1.29 is 40.9 Å². The summed E-state index contributed by atoms with van der Waals surface area (Å²) in [6.07, 6.45) is 1.00. The zero-order valence-electron chi connectivity index (χ0n) is 31.6. The summed E-state index contributed by atoms with van der Waals surface area (Å²) in [4.78, 5) is 34.5. The average molecular weight is 943 g/mol. The van der Waals surface area contributed by atoms with Gasteiger partial charge in [0.25, 0.3) is 0 Å². The van der Waals surface area contributed by atoms with Gasteiger partial charge in [-0.15, -0.1) is 8.78 Å². The van der Waals surface area contributed by atoms with Crippen LogP contribution in [0.4, 0.5) is 36.8 Å². The van der Waals surface area contributed by atoms with E-state index >= 15 is 0 Å². The molecular formula is C37H42ClF2IN8O7S. The van der Waals surface area contributed by atoms with Gasteiger partial charge in [-0.2, -0.15) is 15.0 Å². The van der Waals surface area contributed by atoms with E-state index in [1.54, 1.807) is 23.1 Å². The highest BCUT2D eigenvalue weighted by atomic mass is 127. The Morgan fingerprint density at radius 2 is 1.79 bits per heavy atom. The molecule has 1 atom stereocenters. The summed E-state index contributed by atoms with van der Waals surface area (Å²) in [5.41, 5.74) is 0.331. The molecule has 0 radical (unpaired) electrons. The van der Waals surface area contributed by atoms with Gasteiger partial charge in [-0.1, -0.05) is 46.3 Å². The summed E-state index contributed by atoms with van der Waals surface area (Å²) in [7, 11) is -3.72. The molecule has 0 saturated carbocycles. The summed E-state index contributed by atoms with van der Waals surface area (Å²) in [6.45, 7) is 7.23. The highest BCUT2D eigenvalue weighted by molar-refractivity contribution is 14.1. The van der Waals surface area contributed by atoms with E-state index in [1.165, 1.54) is 36.5 Å². The monoisotopic (exact) mass is 942 g/mol. The number of carbonyl (C=O) groups is 1. The summed E-state index contributed by atoms with van der Waals surface area (Å²) in [5, 5.41) is 6.67. The van der Waals surface area contributed by atoms with Crippen molar-refractivity contribution in [1.82, 2.24) is 24.8 Å². The number of benzene rings is 2. The van der Waals surface area contributed by atoms with Crippen LogP contribution in [0, 0.1) is 0 Å². The Bertz CT molecular complexity index is 2190. The third kappa shape index (κ3) is 10.9. The molecule has 2 aromatic carbocycles. The molecule has 2 aromatic heterocycles. The number of halogens is 4. The number of rotatable bonds is 14. The summed E-state index contributed by atoms with van der Waals surface area (Å²) >= 11 is 8.96. The number of nitrogens with one attached hydrogen (secondary N) is 2. The molecule has 1 amide bonds. The predicted octanol–water partition coefficient (Wildman–Crippen LogP) is 7.63. The van der Waals surface area contributed by atoms with Crippen LogP contribution in [0.15, 0.2) is 59.6 Å². The minimum absolute atomic E-state index is 0.0231. The number of hydrogen-bond donors (Lipinski definition) is 2. The van der Waals surface area contributed by atoms with E-state index in [0.717, 1.165) is 29.9 Å². The van der Waals surface area contributed by atoms with Crippen LogP contribution in [0.1, 0.15) is 57.3 Å². The van der Waals surface area contributed by atoms with Crippen LogP contribution in [0.3, 0.4) is 0 Å². The fourth-order valence-corrected chi connectivity index (χ4v) is 7.36. The normalized spacial score (nSPS) is 15.6. The Morgan fingerprint density at radius 3 is 2.49 bits per heavy atom. The first-order valence-corrected chi connectivity index (χ1v) is 21.8. The SMILES string of the molecule is CC(C)(C)OC(=O)N1CCN(c2nc(Nc3cc(S(C)(=O)=O)ccc3N[C@@H](c3cccc4c3OC(F)(F)O4)c3ncccc3Cl)nc(OCCCCCI)n2)CC1. The van der Waals surface area contributed by atoms with Crippen LogP contribution in [-0.2, 0) is 14.6 Å². The van der Waals surface area contributed by atoms with Gasteiger partial charge in [-0.05, 0) is 80.9 Å². The number of piperazine rings is 1. The van der Waals surface area contributed by atoms with Crippen LogP contribution >= 0.6 is 34.2 Å². The zero-order valence-corrected chi connectivity index (χ0v) is 35.3. The van der Waals surface area contributed by atoms with Crippen molar-refractivity contribution >= 4 is 73.4 Å². The van der Waals surface area contributed by atoms with Crippen LogP contribution in [0.25, 0.3) is 0 Å². The molecule has 4 aromatic rings. The lowest BCUT2D eigenvalue weighted by Gasteiger charge is -2.35. The maximum absolute atomic E-state index is 14.4. The summed E-state index contributed by atoms with van der Waals surface area (Å²) in [5.74, 6) is -0.120. The third-order valence-corrected chi connectivity index (χ3v) is 10.8. The fraction of sp³-hybridized carbons (Fsp3) is 0.432. The van der Waals surface area contributed by atoms with Gasteiger partial charge in [0.2, 0.25) is 11.9 Å². The van der Waals surface area contributed by atoms with Crippen molar-refractivity contribution in [3.8, 4) is 17.5 Å². The molecule has 2 N–H and O–H groups in total. The van der Waals surface area contributed by atoms with Gasteiger partial charge < -0.3 is 39.4 Å². The highest BCUT2D eigenvalue weighted by Gasteiger charge is 2.45. The second-order valence-electron chi connectivity index (χ2n) is 14.2. The number of aromatic nitrogens is 4. The van der Waals surface area contributed by atoms with Gasteiger partial charge in [0, 0.05) is 44.2 Å². The van der Waals surface area contributed by atoms with Crippen molar-refractivity contribution in [3.05, 3.63) is 71.0 Å². The number of pyridine rings is 1. The molecule has 2 aliphatic rings. The minimum Gasteiger partial charge on any atom is -0.463 e. The lowest BCUT2D eigenvalue weighted by atomic mass is 10.0. The van der Waals surface area contributed by atoms with Gasteiger partial charge in [0.1, 0.15) is 5.60 Å². The van der Waals surface area contributed by atoms with Crippen molar-refractivity contribution in [2.24, 2.45) is 0 Å². The number of para-hydroxylation sites is 1. The summed E-state index contributed by atoms with van der Waals surface area (Å²) < 4.78 is 76.6. The first kappa shape index (κ1) is 42.1. The van der Waals surface area contributed by atoms with Crippen molar-refractivity contribution in [3.63, 3.8) is 0 Å². The van der Waals surface area contributed by atoms with Gasteiger partial charge in [0.05, 0.1) is 39.6 Å². The first-order valence-electron chi connectivity index (χ1n) is 18.0. The summed E-state index contributed by atoms with van der Waals surface area (Å²) in [6, 6.07) is 11.0. The Balaban J connectivity index is 1.36. The van der Waals surface area contributed by atoms with E-state index in [0.29, 0.717) is 38.5 Å². The smallest absolute Gasteiger partial charge is 0.463 e. The third-order valence-electron chi connectivity index (χ3n) is 8.62. The fourth-order valence-electron chi connectivity index (χ4n) is 5.94. The standard InChI is InChI=1S/C37H42ClF2IN8O7S/c1-36(2,3)56-35(50)49-19-17-48(18-20-49)33-45-32(46-34(47-33)53-21-7-5-6-15-41)44-27-22-23(57(4,51)52)13-14-26(27)43-29(30-25(38)11-9-16-42-30)24-10-8-12-28-31(24)55-37(39,40)54-28/h8-14,16,22,29,43H,5-7,15,17-21H2,1-4H3,(H,44,45,46,47)/t29-/m0/s1. The van der Waals surface area contributed by atoms with Crippen LogP contribution < -0.4 is 29.7 Å². The molecule has 0 bridgehead atoms. The number of fused-ring (bicyclic) bond motifs is 1. The number of amides is 1. The number of sulfone groups is 1. The second kappa shape index (κ2) is 17.6. The molecule has 15 nitrogen and oxygen atoms in total. The Labute approximate surface area is 347 Å². The highest BCUT2D eigenvalue weighted by Crippen LogP contribution is 2.48. The lowest BCUT2D eigenvalue weighted by Crippen LogP contribution is -2.50. The molecule has 20 heteroatoms. The number of nitrogens with zero attached hydrogens (tertiary/aromatic N) is 6.